The molecule has 9 rings (SSSR count). The molecule has 0 atom stereocenters. The van der Waals surface area contributed by atoms with E-state index in [9.17, 15) is 0 Å². The Morgan fingerprint density at radius 2 is 1.22 bits per heavy atom. The van der Waals surface area contributed by atoms with Crippen molar-refractivity contribution in [2.75, 3.05) is 57.5 Å². The smallest absolute Gasteiger partial charge is 0.213 e. The van der Waals surface area contributed by atoms with E-state index in [0.29, 0.717) is 39.0 Å². The second-order valence-electron chi connectivity index (χ2n) is 15.5. The number of oxime groups is 1. The summed E-state index contributed by atoms with van der Waals surface area (Å²) in [6, 6.07) is 22.4. The van der Waals surface area contributed by atoms with Gasteiger partial charge in [0.15, 0.2) is 12.4 Å². The number of aromatic nitrogens is 6. The Kier molecular flexibility index (Phi) is 14.7. The van der Waals surface area contributed by atoms with Gasteiger partial charge in [-0.25, -0.2) is 19.9 Å². The molecule has 2 saturated heterocycles. The highest BCUT2D eigenvalue weighted by Crippen LogP contribution is 2.37. The second kappa shape index (κ2) is 21.3. The number of ether oxygens (including phenoxy) is 4. The molecule has 3 aromatic heterocycles. The molecule has 2 aliphatic heterocycles. The molecule has 65 heavy (non-hydrogen) atoms. The lowest BCUT2D eigenvalue weighted by molar-refractivity contribution is 0.115. The average Bonchev–Trinajstić information content (AvgIpc) is 3.84. The molecule has 5 N–H and O–H groups in total. The van der Waals surface area contributed by atoms with E-state index in [-0.39, 0.29) is 31.3 Å². The maximum absolute atomic E-state index is 8.63. The highest BCUT2D eigenvalue weighted by atomic mass is 35.5. The van der Waals surface area contributed by atoms with Crippen LogP contribution in [0.3, 0.4) is 0 Å². The molecule has 0 saturated carbocycles. The lowest BCUT2D eigenvalue weighted by Gasteiger charge is -2.29. The van der Waals surface area contributed by atoms with Crippen LogP contribution in [0.2, 0.25) is 10.0 Å². The summed E-state index contributed by atoms with van der Waals surface area (Å²) >= 11 is 12.8. The molecular formula is C45H48Cl2N12O6. The van der Waals surface area contributed by atoms with E-state index in [1.54, 1.807) is 24.3 Å². The number of anilines is 4. The van der Waals surface area contributed by atoms with Crippen LogP contribution in [0.5, 0.6) is 23.0 Å². The van der Waals surface area contributed by atoms with Crippen molar-refractivity contribution in [1.82, 2.24) is 39.9 Å². The number of hydrogen-bond acceptors (Lipinski definition) is 17. The Bertz CT molecular complexity index is 2710. The Hall–Kier alpha value is -6.73. The van der Waals surface area contributed by atoms with Gasteiger partial charge >= 0.3 is 0 Å². The fourth-order valence-corrected chi connectivity index (χ4v) is 7.82. The van der Waals surface area contributed by atoms with Crippen LogP contribution in [0.25, 0.3) is 21.8 Å². The van der Waals surface area contributed by atoms with Crippen LogP contribution in [-0.2, 0) is 6.61 Å². The number of likely N-dealkylation sites (tertiary alicyclic amines) is 2. The molecule has 7 aromatic rings. The summed E-state index contributed by atoms with van der Waals surface area (Å²) in [7, 11) is 4.26. The summed E-state index contributed by atoms with van der Waals surface area (Å²) in [6.07, 6.45) is 8.57. The third-order valence-electron chi connectivity index (χ3n) is 10.8. The van der Waals surface area contributed by atoms with E-state index in [1.165, 1.54) is 19.0 Å². The third-order valence-corrected chi connectivity index (χ3v) is 11.4. The highest BCUT2D eigenvalue weighted by molar-refractivity contribution is 6.32. The summed E-state index contributed by atoms with van der Waals surface area (Å²) < 4.78 is 28.6. The van der Waals surface area contributed by atoms with Crippen molar-refractivity contribution in [1.29, 1.82) is 0 Å². The molecule has 338 valence electrons. The first-order valence-electron chi connectivity index (χ1n) is 21.0. The second-order valence-corrected chi connectivity index (χ2v) is 16.4. The van der Waals surface area contributed by atoms with Crippen LogP contribution >= 0.6 is 23.2 Å². The maximum Gasteiger partial charge on any atom is 0.213 e. The predicted molar refractivity (Wildman–Crippen MR) is 248 cm³/mol. The molecule has 20 heteroatoms. The van der Waals surface area contributed by atoms with E-state index in [2.05, 4.69) is 69.8 Å². The molecule has 0 spiro atoms. The van der Waals surface area contributed by atoms with E-state index >= 15 is 0 Å². The monoisotopic (exact) mass is 922 g/mol. The summed E-state index contributed by atoms with van der Waals surface area (Å²) in [5.74, 6) is 4.14. The number of fused-ring (bicyclic) bond motifs is 2. The van der Waals surface area contributed by atoms with Gasteiger partial charge in [-0.2, -0.15) is 4.98 Å². The minimum atomic E-state index is -0.0722. The van der Waals surface area contributed by atoms with Crippen LogP contribution in [0, 0.1) is 0 Å². The minimum absolute atomic E-state index is 0.0483. The molecule has 2 aliphatic rings. The molecule has 0 bridgehead atoms. The number of piperidine rings is 2. The summed E-state index contributed by atoms with van der Waals surface area (Å²) in [5, 5.41) is 24.4. The van der Waals surface area contributed by atoms with Crippen LogP contribution in [0.4, 0.5) is 23.0 Å². The zero-order chi connectivity index (χ0) is 45.1. The molecular weight excluding hydrogens is 875 g/mol. The van der Waals surface area contributed by atoms with Gasteiger partial charge in [0.2, 0.25) is 12.2 Å². The van der Waals surface area contributed by atoms with E-state index in [1.807, 2.05) is 48.5 Å². The Morgan fingerprint density at radius 1 is 0.708 bits per heavy atom. The van der Waals surface area contributed by atoms with Crippen molar-refractivity contribution < 1.29 is 28.7 Å². The molecule has 0 aliphatic carbocycles. The Morgan fingerprint density at radius 3 is 1.68 bits per heavy atom. The van der Waals surface area contributed by atoms with Gasteiger partial charge in [-0.3, -0.25) is 0 Å². The fourth-order valence-electron chi connectivity index (χ4n) is 7.35. The number of hydrogen-bond donors (Lipinski definition) is 4. The highest BCUT2D eigenvalue weighted by Gasteiger charge is 2.22. The van der Waals surface area contributed by atoms with Gasteiger partial charge in [-0.15, -0.1) is 0 Å². The number of rotatable bonds is 14. The number of halogens is 2. The molecule has 5 heterocycles. The normalized spacial score (nSPS) is 15.3. The predicted octanol–water partition coefficient (Wildman–Crippen LogP) is 8.09. The first-order chi connectivity index (χ1) is 31.7. The number of nitrogens with one attached hydrogen (secondary N) is 2. The summed E-state index contributed by atoms with van der Waals surface area (Å²) in [5.41, 5.74) is 8.52. The first-order valence-corrected chi connectivity index (χ1v) is 21.7. The zero-order valence-corrected chi connectivity index (χ0v) is 37.2. The van der Waals surface area contributed by atoms with E-state index in [0.717, 1.165) is 96.5 Å². The molecule has 2 fully saturated rings. The van der Waals surface area contributed by atoms with Gasteiger partial charge in [0, 0.05) is 37.6 Å². The molecule has 0 unspecified atom stereocenters. The zero-order valence-electron chi connectivity index (χ0n) is 35.7. The average molecular weight is 924 g/mol. The lowest BCUT2D eigenvalue weighted by Crippen LogP contribution is -2.35. The van der Waals surface area contributed by atoms with Gasteiger partial charge in [0.1, 0.15) is 66.1 Å². The van der Waals surface area contributed by atoms with Crippen molar-refractivity contribution >= 4 is 73.9 Å². The standard InChI is InChI=1S/C23H23ClN6O3.C22H25ClN6O3/c1-30-9-7-16(8-10-30)33-20-4-2-3-18-22(20)23(26-13-25-18)28-15-5-6-19(17(24)11-15)31-12-21-27-14-32-29-21;1-29-9-7-15(8-10-29)32-19-4-2-3-17-21(19)22(26-13-25-17)27-14-5-6-18(16(23)11-14)31-12-20(24)28-30/h2-6,11,13-14,16H,7-10,12H2,1H3,(H,25,26,28);2-6,11,13,15,30H,7-10,12H2,1H3,(H2,24,28)(H,25,26,27). The Labute approximate surface area is 384 Å². The SMILES string of the molecule is CN1CCC(Oc2cccc3ncnc(Nc4ccc(OCC(N)=NO)c(Cl)c4)c23)CC1.CN1CCC(Oc2cccc3ncnc(Nc4ccc(OCc5ncon5)c(Cl)c4)c23)CC1. The van der Waals surface area contributed by atoms with Crippen LogP contribution in [0.15, 0.2) is 102 Å². The van der Waals surface area contributed by atoms with Gasteiger partial charge in [-0.1, -0.05) is 45.6 Å². The molecule has 4 aromatic carbocycles. The maximum atomic E-state index is 8.63. The van der Waals surface area contributed by atoms with Crippen LogP contribution in [0.1, 0.15) is 31.5 Å². The van der Waals surface area contributed by atoms with E-state index < -0.39 is 0 Å². The molecule has 0 amide bonds. The molecule has 0 radical (unpaired) electrons. The van der Waals surface area contributed by atoms with Gasteiger partial charge < -0.3 is 54.8 Å². The first kappa shape index (κ1) is 44.9. The number of nitrogens with zero attached hydrogens (tertiary/aromatic N) is 9. The summed E-state index contributed by atoms with van der Waals surface area (Å²) in [6.45, 7) is 4.17. The van der Waals surface area contributed by atoms with Crippen molar-refractivity contribution in [3.8, 4) is 23.0 Å². The van der Waals surface area contributed by atoms with E-state index in [4.69, 9.17) is 57.6 Å². The number of nitrogens with two attached hydrogens (primary N) is 1. The van der Waals surface area contributed by atoms with Crippen LogP contribution in [-0.4, -0.2) is 110 Å². The Balaban J connectivity index is 0.000000177. The van der Waals surface area contributed by atoms with Crippen molar-refractivity contribution in [3.63, 3.8) is 0 Å². The number of amidine groups is 1. The van der Waals surface area contributed by atoms with Crippen LogP contribution < -0.4 is 35.3 Å². The molecule has 18 nitrogen and oxygen atoms in total. The fraction of sp³-hybridized carbons (Fsp3) is 0.311. The largest absolute Gasteiger partial charge is 0.489 e. The summed E-state index contributed by atoms with van der Waals surface area (Å²) in [4.78, 5) is 26.3. The number of benzene rings is 4. The minimum Gasteiger partial charge on any atom is -0.489 e. The van der Waals surface area contributed by atoms with Crippen molar-refractivity contribution in [2.45, 2.75) is 44.5 Å². The topological polar surface area (TPSA) is 217 Å². The van der Waals surface area contributed by atoms with Crippen molar-refractivity contribution in [3.05, 3.63) is 108 Å². The van der Waals surface area contributed by atoms with Gasteiger partial charge in [0.25, 0.3) is 0 Å². The van der Waals surface area contributed by atoms with Gasteiger partial charge in [-0.05, 0) is 100 Å². The lowest BCUT2D eigenvalue weighted by atomic mass is 10.1. The van der Waals surface area contributed by atoms with Crippen molar-refractivity contribution in [2.24, 2.45) is 10.9 Å². The quantitative estimate of drug-likeness (QED) is 0.0351. The third kappa shape index (κ3) is 11.7. The van der Waals surface area contributed by atoms with Gasteiger partial charge in [0.05, 0.1) is 31.9 Å².